The summed E-state index contributed by atoms with van der Waals surface area (Å²) in [4.78, 5) is 47.4. The summed E-state index contributed by atoms with van der Waals surface area (Å²) in [6, 6.07) is 23.6. The predicted molar refractivity (Wildman–Crippen MR) is 326 cm³/mol. The van der Waals surface area contributed by atoms with Crippen molar-refractivity contribution in [2.24, 2.45) is 5.41 Å². The quantitative estimate of drug-likeness (QED) is 0.0398. The van der Waals surface area contributed by atoms with E-state index in [9.17, 15) is 14.7 Å². The Morgan fingerprint density at radius 2 is 1.76 bits per heavy atom. The van der Waals surface area contributed by atoms with Gasteiger partial charge in [0, 0.05) is 101 Å². The molecule has 3 unspecified atom stereocenters. The molecule has 1 spiro atoms. The molecule has 7 aromatic rings. The van der Waals surface area contributed by atoms with E-state index in [4.69, 9.17) is 49.1 Å². The summed E-state index contributed by atoms with van der Waals surface area (Å²) >= 11 is 13.0. The summed E-state index contributed by atoms with van der Waals surface area (Å²) in [7, 11) is 1.48. The fraction of sp³-hybridized carbons (Fsp3) is 0.400. The van der Waals surface area contributed by atoms with Gasteiger partial charge in [-0.25, -0.2) is 8.78 Å². The summed E-state index contributed by atoms with van der Waals surface area (Å²) in [5.74, 6) is 0.915. The van der Waals surface area contributed by atoms with Gasteiger partial charge in [-0.1, -0.05) is 80.2 Å². The average molecular weight is 1180 g/mol. The highest BCUT2D eigenvalue weighted by molar-refractivity contribution is 6.31. The Kier molecular flexibility index (Phi) is 15.8. The SMILES string of the molecule is C#Cc1cccc2cc(O)cc(-c3ncc4c(N5C[C@H]6CC[C@@H](C5)N6)nc(OC[C@@H]5CCCN5CCCCNC(=O)c5ccc(NC(=O)C6N[C@H](CC(C)(C)C)C7(CNc8cc(Cl)ccc87)C6c6cccc(Cl)c6F)c(OC)c5)nc4c3F)c12. The largest absolute Gasteiger partial charge is 0.508 e. The van der Waals surface area contributed by atoms with Crippen LogP contribution in [0.4, 0.5) is 26.0 Å². The molecule has 5 aliphatic heterocycles. The zero-order chi connectivity index (χ0) is 58.6. The van der Waals surface area contributed by atoms with Crippen molar-refractivity contribution in [3.05, 3.63) is 135 Å². The van der Waals surface area contributed by atoms with Crippen molar-refractivity contribution >= 4 is 73.9 Å². The van der Waals surface area contributed by atoms with Crippen LogP contribution in [0.5, 0.6) is 17.5 Å². The molecular weight excluding hydrogens is 1110 g/mol. The van der Waals surface area contributed by atoms with Crippen molar-refractivity contribution in [2.75, 3.05) is 68.5 Å². The molecule has 4 fully saturated rings. The lowest BCUT2D eigenvalue weighted by atomic mass is 9.63. The number of ether oxygens (including phenoxy) is 2. The van der Waals surface area contributed by atoms with Crippen LogP contribution < -0.4 is 41.0 Å². The smallest absolute Gasteiger partial charge is 0.319 e. The summed E-state index contributed by atoms with van der Waals surface area (Å²) in [6.45, 7) is 10.7. The minimum atomic E-state index is -0.906. The maximum Gasteiger partial charge on any atom is 0.319 e. The number of pyridine rings is 1. The van der Waals surface area contributed by atoms with Crippen LogP contribution in [0.2, 0.25) is 10.0 Å². The van der Waals surface area contributed by atoms with Gasteiger partial charge in [0.2, 0.25) is 5.91 Å². The van der Waals surface area contributed by atoms with Crippen LogP contribution in [0.1, 0.15) is 98.7 Å². The number of hydrogen-bond acceptors (Lipinski definition) is 13. The number of amides is 2. The number of phenols is 1. The third-order valence-corrected chi connectivity index (χ3v) is 18.2. The van der Waals surface area contributed by atoms with Gasteiger partial charge in [-0.05, 0) is 135 Å². The number of rotatable bonds is 16. The number of likely N-dealkylation sites (tertiary alicyclic amines) is 1. The first-order valence-corrected chi connectivity index (χ1v) is 29.7. The van der Waals surface area contributed by atoms with E-state index < -0.39 is 34.9 Å². The van der Waals surface area contributed by atoms with Gasteiger partial charge in [-0.15, -0.1) is 6.42 Å². The summed E-state index contributed by atoms with van der Waals surface area (Å²) in [6.07, 6.45) is 13.7. The molecule has 0 aliphatic carbocycles. The van der Waals surface area contributed by atoms with E-state index >= 15 is 8.78 Å². The van der Waals surface area contributed by atoms with Crippen LogP contribution in [0, 0.1) is 29.4 Å². The molecule has 2 bridgehead atoms. The first-order chi connectivity index (χ1) is 40.5. The minimum Gasteiger partial charge on any atom is -0.508 e. The Bertz CT molecular complexity index is 3750. The lowest BCUT2D eigenvalue weighted by Crippen LogP contribution is -2.51. The molecular formula is C65H68Cl2F2N10O5. The molecule has 6 N–H and O–H groups in total. The summed E-state index contributed by atoms with van der Waals surface area (Å²) < 4.78 is 45.8. The monoisotopic (exact) mass is 1180 g/mol. The van der Waals surface area contributed by atoms with E-state index in [1.54, 1.807) is 54.7 Å². The first kappa shape index (κ1) is 57.1. The number of phenolic OH excluding ortho intramolecular Hbond substituents is 1. The van der Waals surface area contributed by atoms with Crippen LogP contribution in [0.25, 0.3) is 32.9 Å². The van der Waals surface area contributed by atoms with E-state index in [0.717, 1.165) is 56.4 Å². The number of nitrogens with zero attached hydrogens (tertiary/aromatic N) is 5. The number of terminal acetylenes is 1. The number of aromatic nitrogens is 3. The van der Waals surface area contributed by atoms with Crippen LogP contribution in [-0.4, -0.2) is 120 Å². The highest BCUT2D eigenvalue weighted by atomic mass is 35.5. The molecule has 4 saturated heterocycles. The van der Waals surface area contributed by atoms with Gasteiger partial charge in [0.15, 0.2) is 5.82 Å². The number of halogens is 4. The molecule has 7 atom stereocenters. The third-order valence-electron chi connectivity index (χ3n) is 17.7. The van der Waals surface area contributed by atoms with Crippen LogP contribution >= 0.6 is 23.2 Å². The van der Waals surface area contributed by atoms with Crippen molar-refractivity contribution in [3.63, 3.8) is 0 Å². The molecule has 5 aliphatic rings. The van der Waals surface area contributed by atoms with Gasteiger partial charge in [0.25, 0.3) is 5.91 Å². The number of fused-ring (bicyclic) bond motifs is 6. The second kappa shape index (κ2) is 23.3. The number of benzene rings is 5. The first-order valence-electron chi connectivity index (χ1n) is 29.0. The number of aromatic hydroxyl groups is 1. The van der Waals surface area contributed by atoms with E-state index in [0.29, 0.717) is 106 Å². The molecule has 2 aromatic heterocycles. The number of carbonyl (C=O) groups is 2. The molecule has 0 radical (unpaired) electrons. The Hall–Kier alpha value is -7.33. The molecule has 15 nitrogen and oxygen atoms in total. The van der Waals surface area contributed by atoms with E-state index in [2.05, 4.69) is 68.1 Å². The van der Waals surface area contributed by atoms with Gasteiger partial charge in [0.05, 0.1) is 29.2 Å². The second-order valence-electron chi connectivity index (χ2n) is 24.3. The summed E-state index contributed by atoms with van der Waals surface area (Å²) in [5.41, 5.74) is 2.90. The topological polar surface area (TPSA) is 178 Å². The lowest BCUT2D eigenvalue weighted by Gasteiger charge is -2.39. The molecule has 19 heteroatoms. The third kappa shape index (κ3) is 10.9. The number of hydrogen-bond donors (Lipinski definition) is 6. The van der Waals surface area contributed by atoms with Gasteiger partial charge in [0.1, 0.15) is 41.0 Å². The lowest BCUT2D eigenvalue weighted by molar-refractivity contribution is -0.118. The van der Waals surface area contributed by atoms with Crippen LogP contribution in [-0.2, 0) is 10.2 Å². The van der Waals surface area contributed by atoms with Crippen molar-refractivity contribution in [2.45, 2.75) is 107 Å². The number of carbonyl (C=O) groups excluding carboxylic acids is 2. The molecule has 0 saturated carbocycles. The van der Waals surface area contributed by atoms with E-state index in [1.807, 2.05) is 24.3 Å². The van der Waals surface area contributed by atoms with Crippen LogP contribution in [0.3, 0.4) is 0 Å². The fourth-order valence-corrected chi connectivity index (χ4v) is 14.3. The van der Waals surface area contributed by atoms with Gasteiger partial charge in [-0.2, -0.15) is 9.97 Å². The molecule has 436 valence electrons. The highest BCUT2D eigenvalue weighted by Crippen LogP contribution is 2.57. The Labute approximate surface area is 497 Å². The predicted octanol–water partition coefficient (Wildman–Crippen LogP) is 11.0. The zero-order valence-corrected chi connectivity index (χ0v) is 48.9. The van der Waals surface area contributed by atoms with Gasteiger partial charge in [-0.3, -0.25) is 19.5 Å². The maximum absolute atomic E-state index is 17.2. The van der Waals surface area contributed by atoms with Crippen molar-refractivity contribution < 1.29 is 33.0 Å². The number of piperazine rings is 1. The van der Waals surface area contributed by atoms with E-state index in [-0.39, 0.29) is 63.5 Å². The molecule has 84 heavy (non-hydrogen) atoms. The van der Waals surface area contributed by atoms with Crippen molar-refractivity contribution in [3.8, 4) is 41.1 Å². The number of methoxy groups -OCH3 is 1. The number of anilines is 3. The van der Waals surface area contributed by atoms with Crippen molar-refractivity contribution in [1.82, 2.24) is 35.8 Å². The maximum atomic E-state index is 17.2. The molecule has 5 aromatic carbocycles. The fourth-order valence-electron chi connectivity index (χ4n) is 13.9. The average Bonchev–Trinajstić information content (AvgIpc) is 1.85. The van der Waals surface area contributed by atoms with Crippen LogP contribution in [0.15, 0.2) is 91.1 Å². The zero-order valence-electron chi connectivity index (χ0n) is 47.4. The summed E-state index contributed by atoms with van der Waals surface area (Å²) in [5, 5.41) is 30.0. The minimum absolute atomic E-state index is 0.0140. The van der Waals surface area contributed by atoms with E-state index in [1.165, 1.54) is 19.2 Å². The molecule has 7 heterocycles. The normalized spacial score (nSPS) is 22.8. The number of nitrogens with one attached hydrogen (secondary N) is 5. The highest BCUT2D eigenvalue weighted by Gasteiger charge is 2.61. The van der Waals surface area contributed by atoms with Gasteiger partial charge >= 0.3 is 6.01 Å². The Morgan fingerprint density at radius 1 is 0.952 bits per heavy atom. The Morgan fingerprint density at radius 3 is 2.55 bits per heavy atom. The second-order valence-corrected chi connectivity index (χ2v) is 25.1. The molecule has 12 rings (SSSR count). The standard InChI is InChI=1S/C65H68Cl2F2N10O5/c1-6-36-12-9-13-37-26-43(80)29-45(53(36)37)57-56(69)58-46(31-71-57)60(79-32-40-19-20-41(33-79)73-40)77-63(76-58)84-34-42-14-11-25-78(42)24-8-7-23-70-61(81)38-17-22-49(51(27-38)83-5)74-62(82)59-54(44-15-10-16-48(67)55(44)68)65(52(75-59)30-64(2,3)4)35-72-50-28-39(66)18-21-47(50)65/h1,9-10,12-13,15-18,21-22,26-29,31,40-42,52,54,59,72-73,75,80H,7-8,11,14,19-20,23-25,30,32-35H2,2-5H3,(H,70,81)(H,74,82)/t40-,41+,42-,52+,54?,59?,65?/m0/s1. The molecule has 2 amide bonds. The number of unbranched alkanes of at least 4 members (excludes halogenated alkanes) is 1. The van der Waals surface area contributed by atoms with Crippen molar-refractivity contribution in [1.29, 1.82) is 0 Å². The van der Waals surface area contributed by atoms with Gasteiger partial charge < -0.3 is 46.1 Å². The Balaban J connectivity index is 0.700.